The van der Waals surface area contributed by atoms with Crippen molar-refractivity contribution in [1.82, 2.24) is 25.4 Å². The number of hydrogen-bond donors (Lipinski definition) is 2. The van der Waals surface area contributed by atoms with Crippen LogP contribution in [0.1, 0.15) is 30.7 Å². The van der Waals surface area contributed by atoms with Crippen molar-refractivity contribution in [3.63, 3.8) is 0 Å². The summed E-state index contributed by atoms with van der Waals surface area (Å²) in [6, 6.07) is 11.1. The fraction of sp³-hybridized carbons (Fsp3) is 0.471. The van der Waals surface area contributed by atoms with Gasteiger partial charge in [0.1, 0.15) is 12.2 Å². The fourth-order valence-corrected chi connectivity index (χ4v) is 2.83. The van der Waals surface area contributed by atoms with Crippen molar-refractivity contribution in [3.8, 4) is 0 Å². The molecule has 2 N–H and O–H groups in total. The largest absolute Gasteiger partial charge is 0.355 e. The van der Waals surface area contributed by atoms with Crippen LogP contribution in [0.3, 0.4) is 0 Å². The zero-order chi connectivity index (χ0) is 16.1. The van der Waals surface area contributed by atoms with Crippen molar-refractivity contribution < 1.29 is 0 Å². The Balaban J connectivity index is 1.45. The van der Waals surface area contributed by atoms with Crippen molar-refractivity contribution in [3.05, 3.63) is 48.0 Å². The molecule has 23 heavy (non-hydrogen) atoms. The molecule has 1 aliphatic rings. The number of guanidine groups is 1. The molecule has 0 aliphatic heterocycles. The second-order valence-electron chi connectivity index (χ2n) is 5.80. The van der Waals surface area contributed by atoms with Gasteiger partial charge in [0.25, 0.3) is 0 Å². The molecule has 1 aromatic carbocycles. The maximum absolute atomic E-state index is 4.31. The highest BCUT2D eigenvalue weighted by molar-refractivity contribution is 5.80. The van der Waals surface area contributed by atoms with Gasteiger partial charge >= 0.3 is 0 Å². The van der Waals surface area contributed by atoms with Gasteiger partial charge in [0.05, 0.1) is 0 Å². The maximum atomic E-state index is 4.31. The van der Waals surface area contributed by atoms with Gasteiger partial charge in [-0.2, -0.15) is 0 Å². The Labute approximate surface area is 137 Å². The van der Waals surface area contributed by atoms with Crippen LogP contribution in [0.5, 0.6) is 0 Å². The molecule has 0 spiro atoms. The van der Waals surface area contributed by atoms with E-state index < -0.39 is 0 Å². The van der Waals surface area contributed by atoms with Gasteiger partial charge in [-0.05, 0) is 12.0 Å². The van der Waals surface area contributed by atoms with Gasteiger partial charge in [0, 0.05) is 38.5 Å². The average Bonchev–Trinajstić information content (AvgIpc) is 3.22. The highest BCUT2D eigenvalue weighted by atomic mass is 15.3. The SMILES string of the molecule is CCc1nncn1CCNC(=NC)NC1CC1c1ccccc1. The lowest BCUT2D eigenvalue weighted by Gasteiger charge is -2.12. The molecule has 0 bridgehead atoms. The molecule has 2 unspecified atom stereocenters. The van der Waals surface area contributed by atoms with Gasteiger partial charge in [0.2, 0.25) is 0 Å². The lowest BCUT2D eigenvalue weighted by Crippen LogP contribution is -2.40. The summed E-state index contributed by atoms with van der Waals surface area (Å²) in [6.07, 6.45) is 3.84. The molecular formula is C17H24N6. The Hall–Kier alpha value is -2.37. The minimum atomic E-state index is 0.477. The van der Waals surface area contributed by atoms with Crippen LogP contribution in [0, 0.1) is 0 Å². The molecule has 1 heterocycles. The van der Waals surface area contributed by atoms with Crippen LogP contribution in [0.15, 0.2) is 41.7 Å². The van der Waals surface area contributed by atoms with Gasteiger partial charge in [-0.3, -0.25) is 4.99 Å². The van der Waals surface area contributed by atoms with E-state index in [4.69, 9.17) is 0 Å². The standard InChI is InChI=1S/C17H24N6/c1-3-16-22-20-12-23(16)10-9-19-17(18-2)21-15-11-14(15)13-7-5-4-6-8-13/h4-8,12,14-15H,3,9-11H2,1-2H3,(H2,18,19,21). The van der Waals surface area contributed by atoms with Crippen LogP contribution in [-0.2, 0) is 13.0 Å². The first-order chi connectivity index (χ1) is 11.3. The number of aliphatic imine (C=N–C) groups is 1. The number of rotatable bonds is 6. The van der Waals surface area contributed by atoms with Crippen molar-refractivity contribution >= 4 is 5.96 Å². The van der Waals surface area contributed by atoms with E-state index in [0.717, 1.165) is 37.7 Å². The number of nitrogens with one attached hydrogen (secondary N) is 2. The minimum Gasteiger partial charge on any atom is -0.355 e. The lowest BCUT2D eigenvalue weighted by atomic mass is 10.1. The van der Waals surface area contributed by atoms with E-state index in [-0.39, 0.29) is 0 Å². The van der Waals surface area contributed by atoms with Crippen molar-refractivity contribution in [2.75, 3.05) is 13.6 Å². The van der Waals surface area contributed by atoms with E-state index in [1.165, 1.54) is 5.56 Å². The van der Waals surface area contributed by atoms with Crippen molar-refractivity contribution in [2.45, 2.75) is 38.3 Å². The van der Waals surface area contributed by atoms with E-state index in [2.05, 4.69) is 67.6 Å². The van der Waals surface area contributed by atoms with E-state index in [1.54, 1.807) is 6.33 Å². The topological polar surface area (TPSA) is 67.1 Å². The molecule has 3 rings (SSSR count). The van der Waals surface area contributed by atoms with Gasteiger partial charge < -0.3 is 15.2 Å². The number of nitrogens with zero attached hydrogens (tertiary/aromatic N) is 4. The molecule has 0 amide bonds. The van der Waals surface area contributed by atoms with Gasteiger partial charge in [-0.1, -0.05) is 37.3 Å². The number of benzene rings is 1. The highest BCUT2D eigenvalue weighted by Gasteiger charge is 2.38. The summed E-state index contributed by atoms with van der Waals surface area (Å²) in [6.45, 7) is 3.72. The van der Waals surface area contributed by atoms with Crippen LogP contribution in [0.4, 0.5) is 0 Å². The Morgan fingerprint density at radius 1 is 1.35 bits per heavy atom. The molecule has 122 valence electrons. The monoisotopic (exact) mass is 312 g/mol. The van der Waals surface area contributed by atoms with Crippen LogP contribution in [0.2, 0.25) is 0 Å². The van der Waals surface area contributed by atoms with Gasteiger partial charge in [-0.25, -0.2) is 0 Å². The Morgan fingerprint density at radius 3 is 2.91 bits per heavy atom. The molecular weight excluding hydrogens is 288 g/mol. The summed E-state index contributed by atoms with van der Waals surface area (Å²) in [4.78, 5) is 4.31. The predicted molar refractivity (Wildman–Crippen MR) is 91.5 cm³/mol. The molecule has 6 nitrogen and oxygen atoms in total. The summed E-state index contributed by atoms with van der Waals surface area (Å²) >= 11 is 0. The Kier molecular flexibility index (Phi) is 4.90. The van der Waals surface area contributed by atoms with Crippen LogP contribution < -0.4 is 10.6 Å². The van der Waals surface area contributed by atoms with E-state index >= 15 is 0 Å². The first-order valence-corrected chi connectivity index (χ1v) is 8.20. The van der Waals surface area contributed by atoms with Crippen molar-refractivity contribution in [2.24, 2.45) is 4.99 Å². The second-order valence-corrected chi connectivity index (χ2v) is 5.80. The first-order valence-electron chi connectivity index (χ1n) is 8.20. The van der Waals surface area contributed by atoms with Crippen molar-refractivity contribution in [1.29, 1.82) is 0 Å². The summed E-state index contributed by atoms with van der Waals surface area (Å²) in [5.74, 6) is 2.47. The molecule has 1 aromatic heterocycles. The summed E-state index contributed by atoms with van der Waals surface area (Å²) in [7, 11) is 1.81. The molecule has 0 saturated heterocycles. The van der Waals surface area contributed by atoms with Crippen LogP contribution in [-0.4, -0.2) is 40.4 Å². The van der Waals surface area contributed by atoms with E-state index in [9.17, 15) is 0 Å². The van der Waals surface area contributed by atoms with Gasteiger partial charge in [0.15, 0.2) is 5.96 Å². The summed E-state index contributed by atoms with van der Waals surface area (Å²) in [5.41, 5.74) is 1.40. The average molecular weight is 312 g/mol. The quantitative estimate of drug-likeness (QED) is 0.627. The third-order valence-corrected chi connectivity index (χ3v) is 4.22. The molecule has 0 radical (unpaired) electrons. The number of aromatic nitrogens is 3. The smallest absolute Gasteiger partial charge is 0.191 e. The van der Waals surface area contributed by atoms with Crippen LogP contribution >= 0.6 is 0 Å². The fourth-order valence-electron chi connectivity index (χ4n) is 2.83. The third-order valence-electron chi connectivity index (χ3n) is 4.22. The molecule has 2 aromatic rings. The molecule has 1 fully saturated rings. The zero-order valence-electron chi connectivity index (χ0n) is 13.7. The zero-order valence-corrected chi connectivity index (χ0v) is 13.7. The van der Waals surface area contributed by atoms with Crippen LogP contribution in [0.25, 0.3) is 0 Å². The van der Waals surface area contributed by atoms with E-state index in [0.29, 0.717) is 12.0 Å². The number of aryl methyl sites for hydroxylation is 1. The molecule has 2 atom stereocenters. The molecule has 6 heteroatoms. The normalized spacial score (nSPS) is 20.3. The highest BCUT2D eigenvalue weighted by Crippen LogP contribution is 2.40. The first kappa shape index (κ1) is 15.5. The Bertz CT molecular complexity index is 648. The Morgan fingerprint density at radius 2 is 2.17 bits per heavy atom. The third kappa shape index (κ3) is 3.88. The molecule has 1 aliphatic carbocycles. The molecule has 1 saturated carbocycles. The van der Waals surface area contributed by atoms with Gasteiger partial charge in [-0.15, -0.1) is 10.2 Å². The predicted octanol–water partition coefficient (Wildman–Crippen LogP) is 1.56. The maximum Gasteiger partial charge on any atom is 0.191 e. The second kappa shape index (κ2) is 7.26. The number of hydrogen-bond acceptors (Lipinski definition) is 3. The van der Waals surface area contributed by atoms with E-state index in [1.807, 2.05) is 7.05 Å². The minimum absolute atomic E-state index is 0.477. The summed E-state index contributed by atoms with van der Waals surface area (Å²) < 4.78 is 2.07. The summed E-state index contributed by atoms with van der Waals surface area (Å²) in [5, 5.41) is 14.9. The lowest BCUT2D eigenvalue weighted by molar-refractivity contribution is 0.631.